The van der Waals surface area contributed by atoms with Gasteiger partial charge in [0.25, 0.3) is 0 Å². The molecule has 2 fully saturated rings. The van der Waals surface area contributed by atoms with Gasteiger partial charge in [-0.25, -0.2) is 13.7 Å². The van der Waals surface area contributed by atoms with Crippen molar-refractivity contribution in [3.05, 3.63) is 285 Å². The van der Waals surface area contributed by atoms with Crippen LogP contribution in [0.2, 0.25) is 0 Å². The van der Waals surface area contributed by atoms with E-state index in [-0.39, 0.29) is 16.2 Å². The quantitative estimate of drug-likeness (QED) is 0.156. The normalized spacial score (nSPS) is 15.1. The molecule has 6 heterocycles. The molecule has 0 amide bonds. The number of aromatic nitrogens is 6. The molecule has 0 bridgehead atoms. The van der Waals surface area contributed by atoms with Crippen LogP contribution in [0.4, 0.5) is 0 Å². The van der Waals surface area contributed by atoms with Crippen LogP contribution in [0.5, 0.6) is 0 Å². The Morgan fingerprint density at radius 3 is 1.11 bits per heavy atom. The zero-order valence-electron chi connectivity index (χ0n) is 58.5. The first-order valence-corrected chi connectivity index (χ1v) is 34.9. The van der Waals surface area contributed by atoms with E-state index < -0.39 is 0 Å². The molecule has 0 aliphatic heterocycles. The number of hydrogen-bond acceptors (Lipinski definition) is 3. The molecule has 2 saturated carbocycles. The highest BCUT2D eigenvalue weighted by atomic mass is 14.9. The number of nitrogens with zero attached hydrogens (tertiary/aromatic N) is 6. The van der Waals surface area contributed by atoms with E-state index in [4.69, 9.17) is 15.0 Å². The van der Waals surface area contributed by atoms with Crippen LogP contribution >= 0.6 is 0 Å². The molecule has 2 spiro atoms. The Kier molecular flexibility index (Phi) is 15.7. The molecule has 96 heavy (non-hydrogen) atoms. The third-order valence-corrected chi connectivity index (χ3v) is 22.3. The first kappa shape index (κ1) is 62.3. The van der Waals surface area contributed by atoms with Gasteiger partial charge in [0, 0.05) is 102 Å². The Bertz CT molecular complexity index is 5080. The van der Waals surface area contributed by atoms with Crippen LogP contribution in [0, 0.1) is 55.4 Å². The maximum Gasteiger partial charge on any atom is 0.212 e. The molecule has 476 valence electrons. The van der Waals surface area contributed by atoms with Crippen molar-refractivity contribution in [2.75, 3.05) is 0 Å². The molecule has 0 atom stereocenters. The maximum absolute atomic E-state index is 5.10. The average Bonchev–Trinajstić information content (AvgIpc) is 1.56. The summed E-state index contributed by atoms with van der Waals surface area (Å²) >= 11 is 0. The van der Waals surface area contributed by atoms with Gasteiger partial charge in [-0.3, -0.25) is 15.0 Å². The smallest absolute Gasteiger partial charge is 0.212 e. The van der Waals surface area contributed by atoms with E-state index in [9.17, 15) is 0 Å². The average molecular weight is 1250 g/mol. The third kappa shape index (κ3) is 10.5. The summed E-state index contributed by atoms with van der Waals surface area (Å²) in [5, 5.41) is 0. The van der Waals surface area contributed by atoms with Gasteiger partial charge in [-0.2, -0.15) is 0 Å². The zero-order chi connectivity index (χ0) is 66.5. The summed E-state index contributed by atoms with van der Waals surface area (Å²) in [6, 6.07) is 69.3. The van der Waals surface area contributed by atoms with Crippen LogP contribution < -0.4 is 13.7 Å². The van der Waals surface area contributed by atoms with Crippen molar-refractivity contribution in [1.82, 2.24) is 15.0 Å². The Labute approximate surface area is 569 Å². The van der Waals surface area contributed by atoms with Crippen LogP contribution in [0.1, 0.15) is 144 Å². The van der Waals surface area contributed by atoms with E-state index in [2.05, 4.69) is 311 Å². The molecular formula is C90H89N6+3. The van der Waals surface area contributed by atoms with Gasteiger partial charge >= 0.3 is 0 Å². The minimum Gasteiger partial charge on any atom is -0.257 e. The van der Waals surface area contributed by atoms with Gasteiger partial charge < -0.3 is 0 Å². The second kappa shape index (κ2) is 24.1. The van der Waals surface area contributed by atoms with Crippen molar-refractivity contribution in [2.24, 2.45) is 21.1 Å². The summed E-state index contributed by atoms with van der Waals surface area (Å²) in [6.07, 6.45) is 16.8. The van der Waals surface area contributed by atoms with Crippen LogP contribution in [0.25, 0.3) is 101 Å². The van der Waals surface area contributed by atoms with Crippen LogP contribution in [0.15, 0.2) is 207 Å². The Balaban J connectivity index is 0.000000118. The van der Waals surface area contributed by atoms with Crippen molar-refractivity contribution in [2.45, 2.75) is 137 Å². The standard InChI is InChI=1S/C31H31N2.C30H29N2.C29H29N2/c1-20-7-10-23(11-8-20)24-12-14-29(33(4)19-24)26-18-28-27(17-21(26)2)25-13-9-22(3)32-30(25)31(28)15-5-6-16-31;1-20-17-26-24-13-11-21(2)31-29(24)30(15-7-8-16-30)27(26)18-25(20)28-14-12-23(19-32(28)3)22-9-5-4-6-10-22;1-18-14-24-22-13-12-20(3)30-28(22)29(4,5)26(24)16-23(18)27-15-19(2)25(17-31(27)6)21-10-8-7-9-11-21/h7-14,17-19H,5-6,15-16H2,1-4H3;4-6,9-14,17-19H,7-8,15-16H2,1-3H3;7-17H,1-6H3/q3*+1. The SMILES string of the molecule is Cc1ccc(-c2ccc(-c3cc4c(cc3C)-c3ccc(C)nc3C43CCCC3)[n+](C)c2)cc1.Cc1ccc2c(n1)C(C)(C)c1cc(-c3cc(C)c(-c4ccccc4)c[n+]3C)c(C)cc1-2.Cc1ccc2c(n1)C1(CCCC1)c1cc(-c3ccc(-c4ccccc4)c[n+]3C)c(C)cc1-2. The lowest BCUT2D eigenvalue weighted by molar-refractivity contribution is -0.660. The van der Waals surface area contributed by atoms with Gasteiger partial charge in [-0.15, -0.1) is 0 Å². The van der Waals surface area contributed by atoms with Crippen LogP contribution in [-0.2, 0) is 37.4 Å². The first-order valence-electron chi connectivity index (χ1n) is 34.9. The van der Waals surface area contributed by atoms with E-state index in [1.54, 1.807) is 0 Å². The van der Waals surface area contributed by atoms with Crippen molar-refractivity contribution in [1.29, 1.82) is 0 Å². The van der Waals surface area contributed by atoms with E-state index in [1.165, 1.54) is 213 Å². The summed E-state index contributed by atoms with van der Waals surface area (Å²) in [5.41, 5.74) is 41.6. The fourth-order valence-electron chi connectivity index (χ4n) is 17.2. The lowest BCUT2D eigenvalue weighted by Crippen LogP contribution is -2.31. The Morgan fingerprint density at radius 1 is 0.292 bits per heavy atom. The molecule has 5 aliphatic carbocycles. The molecule has 0 saturated heterocycles. The molecule has 12 aromatic rings. The van der Waals surface area contributed by atoms with Crippen LogP contribution in [0.3, 0.4) is 0 Å². The summed E-state index contributed by atoms with van der Waals surface area (Å²) in [5.74, 6) is 0. The number of aryl methyl sites for hydroxylation is 11. The van der Waals surface area contributed by atoms with Crippen molar-refractivity contribution >= 4 is 0 Å². The van der Waals surface area contributed by atoms with Gasteiger partial charge in [0.05, 0.1) is 17.1 Å². The number of pyridine rings is 6. The van der Waals surface area contributed by atoms with E-state index >= 15 is 0 Å². The van der Waals surface area contributed by atoms with Gasteiger partial charge in [-0.1, -0.05) is 166 Å². The Hall–Kier alpha value is -9.78. The second-order valence-electron chi connectivity index (χ2n) is 29.2. The number of hydrogen-bond donors (Lipinski definition) is 0. The highest BCUT2D eigenvalue weighted by Gasteiger charge is 2.49. The van der Waals surface area contributed by atoms with Gasteiger partial charge in [-0.05, 0) is 202 Å². The molecule has 17 rings (SSSR count). The zero-order valence-corrected chi connectivity index (χ0v) is 58.5. The lowest BCUT2D eigenvalue weighted by atomic mass is 9.78. The number of benzene rings is 6. The van der Waals surface area contributed by atoms with Crippen molar-refractivity contribution in [3.8, 4) is 101 Å². The molecule has 6 aromatic heterocycles. The highest BCUT2D eigenvalue weighted by molar-refractivity contribution is 5.87. The fraction of sp³-hybridized carbons (Fsp3) is 0.267. The van der Waals surface area contributed by atoms with E-state index in [1.807, 2.05) is 0 Å². The summed E-state index contributed by atoms with van der Waals surface area (Å²) in [7, 11) is 6.49. The topological polar surface area (TPSA) is 50.3 Å². The highest BCUT2D eigenvalue weighted by Crippen LogP contribution is 2.59. The molecule has 6 heteroatoms. The lowest BCUT2D eigenvalue weighted by Gasteiger charge is -2.26. The molecular weight excluding hydrogens is 1170 g/mol. The predicted molar refractivity (Wildman–Crippen MR) is 394 cm³/mol. The summed E-state index contributed by atoms with van der Waals surface area (Å²) in [6.45, 7) is 22.0. The number of rotatable bonds is 6. The monoisotopic (exact) mass is 1250 g/mol. The van der Waals surface area contributed by atoms with Crippen molar-refractivity contribution in [3.63, 3.8) is 0 Å². The van der Waals surface area contributed by atoms with E-state index in [0.29, 0.717) is 0 Å². The van der Waals surface area contributed by atoms with Crippen LogP contribution in [-0.4, -0.2) is 15.0 Å². The minimum absolute atomic E-state index is 0.0968. The molecule has 0 unspecified atom stereocenters. The predicted octanol–water partition coefficient (Wildman–Crippen LogP) is 20.2. The van der Waals surface area contributed by atoms with E-state index in [0.717, 1.165) is 17.1 Å². The molecule has 6 nitrogen and oxygen atoms in total. The fourth-order valence-corrected chi connectivity index (χ4v) is 17.2. The maximum atomic E-state index is 5.10. The molecule has 0 radical (unpaired) electrons. The Morgan fingerprint density at radius 2 is 0.656 bits per heavy atom. The summed E-state index contributed by atoms with van der Waals surface area (Å²) in [4.78, 5) is 15.1. The largest absolute Gasteiger partial charge is 0.257 e. The third-order valence-electron chi connectivity index (χ3n) is 22.3. The summed E-state index contributed by atoms with van der Waals surface area (Å²) < 4.78 is 6.83. The van der Waals surface area contributed by atoms with Gasteiger partial charge in [0.1, 0.15) is 21.1 Å². The first-order chi connectivity index (χ1) is 46.3. The molecule has 6 aromatic carbocycles. The van der Waals surface area contributed by atoms with Gasteiger partial charge in [0.15, 0.2) is 18.6 Å². The second-order valence-corrected chi connectivity index (χ2v) is 29.2. The number of fused-ring (bicyclic) bond motifs is 13. The van der Waals surface area contributed by atoms with Gasteiger partial charge in [0.2, 0.25) is 17.1 Å². The van der Waals surface area contributed by atoms with Crippen molar-refractivity contribution < 1.29 is 13.7 Å². The molecule has 0 N–H and O–H groups in total. The molecule has 5 aliphatic rings. The minimum atomic E-state index is -0.100.